The summed E-state index contributed by atoms with van der Waals surface area (Å²) in [6, 6.07) is 20.5. The molecule has 3 aromatic rings. The Kier molecular flexibility index (Phi) is 15.1. The zero-order valence-corrected chi connectivity index (χ0v) is 35.4. The summed E-state index contributed by atoms with van der Waals surface area (Å²) in [6.45, 7) is 8.77. The summed E-state index contributed by atoms with van der Waals surface area (Å²) in [5.74, 6) is 0.321. The number of likely N-dealkylation sites (N-methyl/N-ethyl adjacent to an activating group) is 1. The zero-order chi connectivity index (χ0) is 38.8. The highest BCUT2D eigenvalue weighted by atomic mass is 35.5. The SMILES string of the molecule is CCC(=O)N(c1ccccc1)C1(COC)CCN(CCc2cccs2)CC1.CN(C(=O)Cc1ccc(Cl)c(Cl)c1)[C@H]1CC[C@@]2(CCCO2)C[C@@H]1N1CCCC1. The van der Waals surface area contributed by atoms with E-state index in [-0.39, 0.29) is 29.0 Å². The van der Waals surface area contributed by atoms with Crippen molar-refractivity contribution in [1.29, 1.82) is 0 Å². The third-order valence-corrected chi connectivity index (χ3v) is 14.1. The molecule has 1 spiro atoms. The first-order valence-electron chi connectivity index (χ1n) is 20.4. The molecule has 2 amide bonds. The van der Waals surface area contributed by atoms with Crippen LogP contribution in [0.2, 0.25) is 10.0 Å². The quantitative estimate of drug-likeness (QED) is 0.182. The summed E-state index contributed by atoms with van der Waals surface area (Å²) in [4.78, 5) is 36.6. The number of halogens is 2. The van der Waals surface area contributed by atoms with Gasteiger partial charge in [0.1, 0.15) is 0 Å². The summed E-state index contributed by atoms with van der Waals surface area (Å²) >= 11 is 14.0. The first kappa shape index (κ1) is 42.1. The number of carbonyl (C=O) groups is 2. The van der Waals surface area contributed by atoms with E-state index >= 15 is 0 Å². The number of ether oxygens (including phenoxy) is 2. The number of amides is 2. The van der Waals surface area contributed by atoms with Crippen molar-refractivity contribution in [2.75, 3.05) is 65.0 Å². The Morgan fingerprint density at radius 2 is 1.69 bits per heavy atom. The Bertz CT molecular complexity index is 1660. The molecule has 300 valence electrons. The Morgan fingerprint density at radius 3 is 2.33 bits per heavy atom. The van der Waals surface area contributed by atoms with Crippen molar-refractivity contribution >= 4 is 52.0 Å². The van der Waals surface area contributed by atoms with Gasteiger partial charge in [-0.1, -0.05) is 60.5 Å². The number of carbonyl (C=O) groups excluding carboxylic acids is 2. The van der Waals surface area contributed by atoms with Crippen LogP contribution >= 0.6 is 34.5 Å². The van der Waals surface area contributed by atoms with Crippen LogP contribution in [0, 0.1) is 0 Å². The standard InChI is InChI=1S/C22H30Cl2N2O2.C22H30N2O2S/c1-25(21(27)14-16-5-6-17(23)18(24)13-16)19-7-9-22(8-4-12-28-22)15-20(19)26-10-2-3-11-26;1-3-21(25)24(19-8-5-4-6-9-19)22(18-26-2)12-15-23(16-13-22)14-11-20-10-7-17-27-20/h5-6,13,19-20H,2-4,7-12,14-15H2,1H3;4-10,17H,3,11-16,18H2,1-2H3/t19-,20-,22-;/m0./s1. The van der Waals surface area contributed by atoms with E-state index in [1.54, 1.807) is 19.2 Å². The average Bonchev–Trinajstić information content (AvgIpc) is 4.02. The summed E-state index contributed by atoms with van der Waals surface area (Å²) in [7, 11) is 3.71. The number of hydrogen-bond acceptors (Lipinski definition) is 7. The Hall–Kier alpha value is -2.50. The molecule has 1 saturated carbocycles. The van der Waals surface area contributed by atoms with Gasteiger partial charge in [-0.15, -0.1) is 11.3 Å². The predicted octanol–water partition coefficient (Wildman–Crippen LogP) is 8.78. The summed E-state index contributed by atoms with van der Waals surface area (Å²) in [5, 5.41) is 3.17. The van der Waals surface area contributed by atoms with E-state index in [1.165, 1.54) is 30.6 Å². The maximum atomic E-state index is 13.1. The van der Waals surface area contributed by atoms with Crippen LogP contribution in [0.4, 0.5) is 5.69 Å². The molecule has 1 aromatic heterocycles. The number of anilines is 1. The van der Waals surface area contributed by atoms with Crippen molar-refractivity contribution in [1.82, 2.24) is 14.7 Å². The average molecular weight is 812 g/mol. The molecule has 3 saturated heterocycles. The van der Waals surface area contributed by atoms with Crippen LogP contribution in [0.25, 0.3) is 0 Å². The van der Waals surface area contributed by atoms with E-state index in [0.29, 0.717) is 35.5 Å². The van der Waals surface area contributed by atoms with Gasteiger partial charge in [-0.25, -0.2) is 0 Å². The lowest BCUT2D eigenvalue weighted by Gasteiger charge is -2.48. The summed E-state index contributed by atoms with van der Waals surface area (Å²) in [6.07, 6.45) is 11.8. The molecule has 0 N–H and O–H groups in total. The molecule has 0 bridgehead atoms. The molecule has 4 fully saturated rings. The van der Waals surface area contributed by atoms with Crippen molar-refractivity contribution in [3.63, 3.8) is 0 Å². The fourth-order valence-corrected chi connectivity index (χ4v) is 10.4. The minimum Gasteiger partial charge on any atom is -0.382 e. The Labute approximate surface area is 343 Å². The number of para-hydroxylation sites is 1. The number of thiophene rings is 1. The van der Waals surface area contributed by atoms with E-state index in [1.807, 2.05) is 71.5 Å². The van der Waals surface area contributed by atoms with Crippen LogP contribution in [0.5, 0.6) is 0 Å². The third-order valence-electron chi connectivity index (χ3n) is 12.4. The first-order chi connectivity index (χ1) is 26.7. The van der Waals surface area contributed by atoms with Crippen molar-refractivity contribution in [3.8, 4) is 0 Å². The molecule has 7 rings (SSSR count). The first-order valence-corrected chi connectivity index (χ1v) is 22.0. The molecule has 2 aromatic carbocycles. The molecule has 0 radical (unpaired) electrons. The van der Waals surface area contributed by atoms with Crippen molar-refractivity contribution < 1.29 is 19.1 Å². The monoisotopic (exact) mass is 810 g/mol. The molecule has 3 aliphatic heterocycles. The van der Waals surface area contributed by atoms with Crippen LogP contribution < -0.4 is 4.90 Å². The van der Waals surface area contributed by atoms with E-state index in [2.05, 4.69) is 27.3 Å². The number of benzene rings is 2. The lowest BCUT2D eigenvalue weighted by Crippen LogP contribution is -2.60. The molecule has 11 heteroatoms. The molecule has 4 aliphatic rings. The van der Waals surface area contributed by atoms with Crippen LogP contribution in [0.3, 0.4) is 0 Å². The highest BCUT2D eigenvalue weighted by Crippen LogP contribution is 2.43. The minimum absolute atomic E-state index is 0.0529. The smallest absolute Gasteiger partial charge is 0.227 e. The van der Waals surface area contributed by atoms with Crippen LogP contribution in [0.15, 0.2) is 66.0 Å². The summed E-state index contributed by atoms with van der Waals surface area (Å²) in [5.41, 5.74) is 1.68. The van der Waals surface area contributed by atoms with Gasteiger partial charge in [-0.3, -0.25) is 14.5 Å². The van der Waals surface area contributed by atoms with Gasteiger partial charge in [0, 0.05) is 69.5 Å². The fourth-order valence-electron chi connectivity index (χ4n) is 9.40. The number of nitrogens with zero attached hydrogens (tertiary/aromatic N) is 4. The lowest BCUT2D eigenvalue weighted by molar-refractivity contribution is -0.136. The Morgan fingerprint density at radius 1 is 0.927 bits per heavy atom. The molecule has 0 unspecified atom stereocenters. The summed E-state index contributed by atoms with van der Waals surface area (Å²) < 4.78 is 11.8. The van der Waals surface area contributed by atoms with Crippen LogP contribution in [-0.4, -0.2) is 110 Å². The number of hydrogen-bond donors (Lipinski definition) is 0. The number of likely N-dealkylation sites (tertiary alicyclic amines) is 2. The molecule has 8 nitrogen and oxygen atoms in total. The highest BCUT2D eigenvalue weighted by Gasteiger charge is 2.48. The van der Waals surface area contributed by atoms with Gasteiger partial charge in [-0.05, 0) is 119 Å². The Balaban J connectivity index is 0.000000187. The van der Waals surface area contributed by atoms with E-state index < -0.39 is 0 Å². The molecular weight excluding hydrogens is 751 g/mol. The molecular formula is C44H60Cl2N4O4S. The molecule has 55 heavy (non-hydrogen) atoms. The van der Waals surface area contributed by atoms with Crippen LogP contribution in [0.1, 0.15) is 81.6 Å². The van der Waals surface area contributed by atoms with Gasteiger partial charge < -0.3 is 24.2 Å². The van der Waals surface area contributed by atoms with Crippen molar-refractivity contribution in [3.05, 3.63) is 86.5 Å². The van der Waals surface area contributed by atoms with Gasteiger partial charge >= 0.3 is 0 Å². The fraction of sp³-hybridized carbons (Fsp3) is 0.591. The zero-order valence-electron chi connectivity index (χ0n) is 33.0. The van der Waals surface area contributed by atoms with Gasteiger partial charge in [0.25, 0.3) is 0 Å². The van der Waals surface area contributed by atoms with Crippen LogP contribution in [-0.2, 0) is 31.9 Å². The molecule has 1 aliphatic carbocycles. The third kappa shape index (κ3) is 10.5. The van der Waals surface area contributed by atoms with Gasteiger partial charge in [0.2, 0.25) is 11.8 Å². The van der Waals surface area contributed by atoms with E-state index in [0.717, 1.165) is 89.1 Å². The second-order valence-electron chi connectivity index (χ2n) is 15.9. The lowest BCUT2D eigenvalue weighted by atomic mass is 9.76. The predicted molar refractivity (Wildman–Crippen MR) is 226 cm³/mol. The molecule has 4 heterocycles. The number of piperidine rings is 1. The number of methoxy groups -OCH3 is 1. The second kappa shape index (κ2) is 19.8. The van der Waals surface area contributed by atoms with Gasteiger partial charge in [0.15, 0.2) is 0 Å². The second-order valence-corrected chi connectivity index (χ2v) is 17.8. The maximum absolute atomic E-state index is 13.1. The van der Waals surface area contributed by atoms with Gasteiger partial charge in [-0.2, -0.15) is 0 Å². The van der Waals surface area contributed by atoms with E-state index in [4.69, 9.17) is 32.7 Å². The van der Waals surface area contributed by atoms with Crippen molar-refractivity contribution in [2.45, 2.75) is 107 Å². The van der Waals surface area contributed by atoms with Crippen molar-refractivity contribution in [2.24, 2.45) is 0 Å². The topological polar surface area (TPSA) is 65.6 Å². The normalized spacial score (nSPS) is 24.0. The molecule has 3 atom stereocenters. The highest BCUT2D eigenvalue weighted by molar-refractivity contribution is 7.09. The minimum atomic E-state index is -0.261. The van der Waals surface area contributed by atoms with Gasteiger partial charge in [0.05, 0.1) is 34.2 Å². The van der Waals surface area contributed by atoms with E-state index in [9.17, 15) is 9.59 Å². The number of rotatable bonds is 12. The maximum Gasteiger partial charge on any atom is 0.227 e. The largest absolute Gasteiger partial charge is 0.382 e.